The van der Waals surface area contributed by atoms with Gasteiger partial charge >= 0.3 is 0 Å². The van der Waals surface area contributed by atoms with Crippen LogP contribution in [0.1, 0.15) is 22.4 Å². The monoisotopic (exact) mass is 258 g/mol. The van der Waals surface area contributed by atoms with E-state index in [4.69, 9.17) is 5.73 Å². The van der Waals surface area contributed by atoms with Gasteiger partial charge in [-0.1, -0.05) is 24.3 Å². The van der Waals surface area contributed by atoms with Crippen LogP contribution in [-0.4, -0.2) is 6.04 Å². The fourth-order valence-electron chi connectivity index (χ4n) is 2.60. The minimum Gasteiger partial charge on any atom is -0.398 e. The Hall–Kier alpha value is -1.32. The molecule has 3 heteroatoms. The third-order valence-corrected chi connectivity index (χ3v) is 4.61. The lowest BCUT2D eigenvalue weighted by atomic mass is 9.88. The predicted molar refractivity (Wildman–Crippen MR) is 77.8 cm³/mol. The van der Waals surface area contributed by atoms with Gasteiger partial charge < -0.3 is 11.1 Å². The van der Waals surface area contributed by atoms with E-state index < -0.39 is 0 Å². The molecule has 0 bridgehead atoms. The Kier molecular flexibility index (Phi) is 3.35. The van der Waals surface area contributed by atoms with Crippen molar-refractivity contribution in [2.24, 2.45) is 0 Å². The molecule has 1 atom stereocenters. The number of hydrogen-bond acceptors (Lipinski definition) is 3. The number of anilines is 1. The number of thiophene rings is 1. The van der Waals surface area contributed by atoms with Crippen LogP contribution in [0.2, 0.25) is 0 Å². The van der Waals surface area contributed by atoms with Crippen LogP contribution in [0.15, 0.2) is 35.7 Å². The lowest BCUT2D eigenvalue weighted by molar-refractivity contribution is 0.460. The first-order valence-electron chi connectivity index (χ1n) is 6.45. The lowest BCUT2D eigenvalue weighted by Gasteiger charge is -2.25. The molecule has 0 radical (unpaired) electrons. The van der Waals surface area contributed by atoms with Crippen LogP contribution in [-0.2, 0) is 19.4 Å². The van der Waals surface area contributed by atoms with E-state index >= 15 is 0 Å². The summed E-state index contributed by atoms with van der Waals surface area (Å²) in [6.07, 6.45) is 3.55. The highest BCUT2D eigenvalue weighted by molar-refractivity contribution is 7.10. The molecule has 0 saturated carbocycles. The summed E-state index contributed by atoms with van der Waals surface area (Å²) in [7, 11) is 0. The highest BCUT2D eigenvalue weighted by Gasteiger charge is 2.17. The van der Waals surface area contributed by atoms with Gasteiger partial charge in [0.25, 0.3) is 0 Å². The molecule has 2 nitrogen and oxygen atoms in total. The number of aryl methyl sites for hydroxylation is 1. The van der Waals surface area contributed by atoms with Gasteiger partial charge in [-0.3, -0.25) is 0 Å². The van der Waals surface area contributed by atoms with E-state index in [9.17, 15) is 0 Å². The second-order valence-electron chi connectivity index (χ2n) is 4.89. The van der Waals surface area contributed by atoms with Crippen LogP contribution < -0.4 is 11.1 Å². The van der Waals surface area contributed by atoms with Crippen LogP contribution in [0.5, 0.6) is 0 Å². The van der Waals surface area contributed by atoms with E-state index in [0.29, 0.717) is 6.04 Å². The molecular formula is C15H18N2S. The molecule has 0 fully saturated rings. The molecule has 3 N–H and O–H groups in total. The van der Waals surface area contributed by atoms with Crippen molar-refractivity contribution in [2.45, 2.75) is 31.8 Å². The third kappa shape index (κ3) is 2.42. The third-order valence-electron chi connectivity index (χ3n) is 3.68. The van der Waals surface area contributed by atoms with Gasteiger partial charge in [-0.15, -0.1) is 11.3 Å². The summed E-state index contributed by atoms with van der Waals surface area (Å²) in [6, 6.07) is 11.3. The van der Waals surface area contributed by atoms with Crippen LogP contribution in [0.25, 0.3) is 0 Å². The lowest BCUT2D eigenvalue weighted by Crippen LogP contribution is -2.34. The van der Waals surface area contributed by atoms with Crippen molar-refractivity contribution in [2.75, 3.05) is 5.73 Å². The minimum absolute atomic E-state index is 0.585. The van der Waals surface area contributed by atoms with Gasteiger partial charge in [-0.2, -0.15) is 0 Å². The van der Waals surface area contributed by atoms with Gasteiger partial charge in [0.05, 0.1) is 0 Å². The highest BCUT2D eigenvalue weighted by atomic mass is 32.1. The minimum atomic E-state index is 0.585. The molecule has 2 aromatic rings. The summed E-state index contributed by atoms with van der Waals surface area (Å²) in [4.78, 5) is 1.26. The standard InChI is InChI=1S/C15H18N2S/c16-14-7-8-18-15(14)10-17-13-6-5-11-3-1-2-4-12(11)9-13/h1-4,7-8,13,17H,5-6,9-10,16H2. The van der Waals surface area contributed by atoms with Crippen molar-refractivity contribution >= 4 is 17.0 Å². The molecule has 1 unspecified atom stereocenters. The van der Waals surface area contributed by atoms with E-state index in [2.05, 4.69) is 35.0 Å². The summed E-state index contributed by atoms with van der Waals surface area (Å²) >= 11 is 1.74. The van der Waals surface area contributed by atoms with Gasteiger partial charge in [0.15, 0.2) is 0 Å². The zero-order valence-electron chi connectivity index (χ0n) is 10.4. The quantitative estimate of drug-likeness (QED) is 0.888. The average Bonchev–Trinajstić information content (AvgIpc) is 2.82. The molecular weight excluding hydrogens is 240 g/mol. The molecule has 0 spiro atoms. The van der Waals surface area contributed by atoms with Gasteiger partial charge in [0.2, 0.25) is 0 Å². The fourth-order valence-corrected chi connectivity index (χ4v) is 3.35. The van der Waals surface area contributed by atoms with Crippen molar-refractivity contribution in [3.05, 3.63) is 51.7 Å². The molecule has 1 heterocycles. The number of fused-ring (bicyclic) bond motifs is 1. The largest absolute Gasteiger partial charge is 0.398 e. The number of hydrogen-bond donors (Lipinski definition) is 2. The van der Waals surface area contributed by atoms with Crippen molar-refractivity contribution in [3.63, 3.8) is 0 Å². The second kappa shape index (κ2) is 5.12. The molecule has 0 aliphatic heterocycles. The van der Waals surface area contributed by atoms with E-state index in [0.717, 1.165) is 18.7 Å². The Balaban J connectivity index is 1.61. The van der Waals surface area contributed by atoms with Crippen LogP contribution in [0.4, 0.5) is 5.69 Å². The van der Waals surface area contributed by atoms with Crippen molar-refractivity contribution < 1.29 is 0 Å². The van der Waals surface area contributed by atoms with Gasteiger partial charge in [-0.25, -0.2) is 0 Å². The smallest absolute Gasteiger partial charge is 0.0468 e. The average molecular weight is 258 g/mol. The first kappa shape index (κ1) is 11.8. The van der Waals surface area contributed by atoms with Crippen LogP contribution in [0, 0.1) is 0 Å². The molecule has 18 heavy (non-hydrogen) atoms. The van der Waals surface area contributed by atoms with Crippen LogP contribution in [0.3, 0.4) is 0 Å². The summed E-state index contributed by atoms with van der Waals surface area (Å²) < 4.78 is 0. The highest BCUT2D eigenvalue weighted by Crippen LogP contribution is 2.23. The number of nitrogens with two attached hydrogens (primary N) is 1. The summed E-state index contributed by atoms with van der Waals surface area (Å²) in [5.41, 5.74) is 9.84. The molecule has 3 rings (SSSR count). The molecule has 1 aromatic carbocycles. The SMILES string of the molecule is Nc1ccsc1CNC1CCc2ccccc2C1. The number of nitrogens with one attached hydrogen (secondary N) is 1. The zero-order valence-corrected chi connectivity index (χ0v) is 11.2. The Bertz CT molecular complexity index is 533. The number of rotatable bonds is 3. The molecule has 94 valence electrons. The maximum Gasteiger partial charge on any atom is 0.0468 e. The molecule has 1 aromatic heterocycles. The maximum absolute atomic E-state index is 5.90. The van der Waals surface area contributed by atoms with Gasteiger partial charge in [0, 0.05) is 23.2 Å². The Labute approximate surface area is 112 Å². The van der Waals surface area contributed by atoms with Crippen molar-refractivity contribution in [3.8, 4) is 0 Å². The summed E-state index contributed by atoms with van der Waals surface area (Å²) in [6.45, 7) is 0.899. The first-order chi connectivity index (χ1) is 8.83. The second-order valence-corrected chi connectivity index (χ2v) is 5.89. The molecule has 0 amide bonds. The summed E-state index contributed by atoms with van der Waals surface area (Å²) in [5, 5.41) is 5.69. The Morgan fingerprint density at radius 2 is 2.06 bits per heavy atom. The molecule has 1 aliphatic rings. The predicted octanol–water partition coefficient (Wildman–Crippen LogP) is 2.98. The van der Waals surface area contributed by atoms with Gasteiger partial charge in [0.1, 0.15) is 0 Å². The van der Waals surface area contributed by atoms with Gasteiger partial charge in [-0.05, 0) is 41.8 Å². The van der Waals surface area contributed by atoms with Crippen LogP contribution >= 0.6 is 11.3 Å². The summed E-state index contributed by atoms with van der Waals surface area (Å²) in [5.74, 6) is 0. The first-order valence-corrected chi connectivity index (χ1v) is 7.33. The Morgan fingerprint density at radius 3 is 2.83 bits per heavy atom. The van der Waals surface area contributed by atoms with E-state index in [1.54, 1.807) is 11.3 Å². The van der Waals surface area contributed by atoms with E-state index in [-0.39, 0.29) is 0 Å². The number of benzene rings is 1. The number of nitrogen functional groups attached to an aromatic ring is 1. The van der Waals surface area contributed by atoms with E-state index in [1.807, 2.05) is 6.07 Å². The maximum atomic E-state index is 5.90. The van der Waals surface area contributed by atoms with Crippen molar-refractivity contribution in [1.82, 2.24) is 5.32 Å². The topological polar surface area (TPSA) is 38.0 Å². The van der Waals surface area contributed by atoms with Crippen molar-refractivity contribution in [1.29, 1.82) is 0 Å². The molecule has 0 saturated heterocycles. The Morgan fingerprint density at radius 1 is 1.22 bits per heavy atom. The zero-order chi connectivity index (χ0) is 12.4. The normalized spacial score (nSPS) is 18.6. The van der Waals surface area contributed by atoms with E-state index in [1.165, 1.54) is 28.8 Å². The fraction of sp³-hybridized carbons (Fsp3) is 0.333. The molecule has 1 aliphatic carbocycles.